The Hall–Kier alpha value is -4.41. The molecule has 36 heavy (non-hydrogen) atoms. The molecule has 0 bridgehead atoms. The van der Waals surface area contributed by atoms with Gasteiger partial charge in [0.15, 0.2) is 17.2 Å². The molecule has 11 heteroatoms. The molecule has 0 unspecified atom stereocenters. The lowest BCUT2D eigenvalue weighted by molar-refractivity contribution is -0.116. The number of aryl methyl sites for hydroxylation is 2. The van der Waals surface area contributed by atoms with Gasteiger partial charge in [-0.3, -0.25) is 9.48 Å². The van der Waals surface area contributed by atoms with Crippen molar-refractivity contribution < 1.29 is 22.4 Å². The first-order valence-electron chi connectivity index (χ1n) is 11.1. The van der Waals surface area contributed by atoms with E-state index in [0.717, 1.165) is 5.69 Å². The van der Waals surface area contributed by atoms with Crippen LogP contribution in [0.5, 0.6) is 0 Å². The highest BCUT2D eigenvalue weighted by molar-refractivity contribution is 5.91. The number of furan rings is 1. The van der Waals surface area contributed by atoms with Gasteiger partial charge in [-0.15, -0.1) is 0 Å². The maximum atomic E-state index is 14.0. The first kappa shape index (κ1) is 23.3. The van der Waals surface area contributed by atoms with Gasteiger partial charge in [0.25, 0.3) is 6.43 Å². The smallest absolute Gasteiger partial charge is 0.264 e. The van der Waals surface area contributed by atoms with Crippen LogP contribution in [0.3, 0.4) is 0 Å². The van der Waals surface area contributed by atoms with Crippen LogP contribution in [0.15, 0.2) is 59.2 Å². The molecule has 0 fully saturated rings. The van der Waals surface area contributed by atoms with Crippen molar-refractivity contribution in [2.75, 3.05) is 5.32 Å². The Morgan fingerprint density at radius 1 is 1.08 bits per heavy atom. The summed E-state index contributed by atoms with van der Waals surface area (Å²) in [4.78, 5) is 17.3. The van der Waals surface area contributed by atoms with Crippen molar-refractivity contribution in [3.05, 3.63) is 83.1 Å². The molecule has 1 amide bonds. The van der Waals surface area contributed by atoms with Crippen molar-refractivity contribution in [1.82, 2.24) is 24.5 Å². The predicted octanol–water partition coefficient (Wildman–Crippen LogP) is 5.27. The molecule has 0 saturated carbocycles. The second kappa shape index (κ2) is 9.33. The fourth-order valence-corrected chi connectivity index (χ4v) is 4.06. The van der Waals surface area contributed by atoms with Crippen LogP contribution in [0, 0.1) is 19.7 Å². The number of amides is 1. The van der Waals surface area contributed by atoms with Gasteiger partial charge in [0.1, 0.15) is 18.1 Å². The number of fused-ring (bicyclic) bond motifs is 1. The van der Waals surface area contributed by atoms with Crippen molar-refractivity contribution in [2.45, 2.75) is 33.4 Å². The van der Waals surface area contributed by atoms with Crippen LogP contribution in [0.1, 0.15) is 28.9 Å². The molecule has 0 aliphatic carbocycles. The summed E-state index contributed by atoms with van der Waals surface area (Å²) in [7, 11) is 0. The monoisotopic (exact) mass is 494 g/mol. The van der Waals surface area contributed by atoms with Gasteiger partial charge in [0.05, 0.1) is 23.9 Å². The highest BCUT2D eigenvalue weighted by Gasteiger charge is 2.23. The van der Waals surface area contributed by atoms with Crippen LogP contribution in [0.4, 0.5) is 19.0 Å². The van der Waals surface area contributed by atoms with Gasteiger partial charge in [-0.2, -0.15) is 10.2 Å². The second-order valence-electron chi connectivity index (χ2n) is 8.28. The summed E-state index contributed by atoms with van der Waals surface area (Å²) < 4.78 is 49.9. The number of halogens is 3. The summed E-state index contributed by atoms with van der Waals surface area (Å²) in [6.07, 6.45) is -1.34. The molecule has 184 valence electrons. The largest absolute Gasteiger partial charge is 0.463 e. The van der Waals surface area contributed by atoms with Gasteiger partial charge < -0.3 is 9.73 Å². The number of nitrogens with zero attached hydrogens (tertiary/aromatic N) is 5. The number of aromatic nitrogens is 5. The van der Waals surface area contributed by atoms with E-state index in [1.165, 1.54) is 23.1 Å². The van der Waals surface area contributed by atoms with E-state index in [1.54, 1.807) is 54.9 Å². The zero-order chi connectivity index (χ0) is 25.4. The summed E-state index contributed by atoms with van der Waals surface area (Å²) in [6.45, 7) is 3.30. The highest BCUT2D eigenvalue weighted by Crippen LogP contribution is 2.33. The number of nitrogens with one attached hydrogen (secondary N) is 1. The van der Waals surface area contributed by atoms with E-state index in [9.17, 15) is 18.0 Å². The van der Waals surface area contributed by atoms with Crippen LogP contribution in [0.2, 0.25) is 0 Å². The summed E-state index contributed by atoms with van der Waals surface area (Å²) in [5.74, 6) is -0.216. The van der Waals surface area contributed by atoms with Crippen LogP contribution in [-0.2, 0) is 17.9 Å². The Labute approximate surface area is 203 Å². The molecule has 0 radical (unpaired) electrons. The number of hydrogen-bond acceptors (Lipinski definition) is 5. The van der Waals surface area contributed by atoms with E-state index in [2.05, 4.69) is 20.5 Å². The zero-order valence-electron chi connectivity index (χ0n) is 19.4. The molecule has 1 aromatic carbocycles. The Morgan fingerprint density at radius 2 is 1.89 bits per heavy atom. The molecule has 8 nitrogen and oxygen atoms in total. The van der Waals surface area contributed by atoms with Crippen LogP contribution in [-0.4, -0.2) is 30.5 Å². The van der Waals surface area contributed by atoms with Crippen LogP contribution < -0.4 is 5.32 Å². The minimum atomic E-state index is -2.77. The number of carbonyl (C=O) groups is 1. The standard InChI is InChI=1S/C25H21F3N6O2/c1-14-10-21(32-33(14)12-16-6-3-4-7-18(16)26)30-22(35)13-34-25-23(15(2)31-34)17(24(27)28)11-19(29-25)20-8-5-9-36-20/h3-11,24H,12-13H2,1-2H3,(H,30,32,35). The predicted molar refractivity (Wildman–Crippen MR) is 126 cm³/mol. The fourth-order valence-electron chi connectivity index (χ4n) is 4.06. The van der Waals surface area contributed by atoms with Gasteiger partial charge in [0.2, 0.25) is 5.91 Å². The van der Waals surface area contributed by atoms with Crippen molar-refractivity contribution in [1.29, 1.82) is 0 Å². The third kappa shape index (κ3) is 4.47. The SMILES string of the molecule is Cc1nn(CC(=O)Nc2cc(C)n(Cc3ccccc3F)n2)c2nc(-c3ccco3)cc(C(F)F)c12. The molecule has 5 rings (SSSR count). The molecule has 5 aromatic rings. The van der Waals surface area contributed by atoms with E-state index in [4.69, 9.17) is 4.42 Å². The molecule has 0 atom stereocenters. The first-order valence-corrected chi connectivity index (χ1v) is 11.1. The Bertz CT molecular complexity index is 1560. The molecular weight excluding hydrogens is 473 g/mol. The average molecular weight is 494 g/mol. The topological polar surface area (TPSA) is 90.8 Å². The third-order valence-corrected chi connectivity index (χ3v) is 5.74. The lowest BCUT2D eigenvalue weighted by Gasteiger charge is -2.07. The lowest BCUT2D eigenvalue weighted by Crippen LogP contribution is -2.20. The molecule has 0 spiro atoms. The van der Waals surface area contributed by atoms with E-state index < -0.39 is 12.3 Å². The summed E-state index contributed by atoms with van der Waals surface area (Å²) in [6, 6.07) is 12.6. The zero-order valence-corrected chi connectivity index (χ0v) is 19.4. The summed E-state index contributed by atoms with van der Waals surface area (Å²) >= 11 is 0. The number of pyridine rings is 1. The molecule has 4 aromatic heterocycles. The van der Waals surface area contributed by atoms with E-state index in [1.807, 2.05) is 0 Å². The van der Waals surface area contributed by atoms with Gasteiger partial charge in [-0.05, 0) is 38.1 Å². The van der Waals surface area contributed by atoms with E-state index in [0.29, 0.717) is 17.0 Å². The number of carbonyl (C=O) groups excluding carboxylic acids is 1. The molecule has 1 N–H and O–H groups in total. The Morgan fingerprint density at radius 3 is 2.61 bits per heavy atom. The molecular formula is C25H21F3N6O2. The number of anilines is 1. The van der Waals surface area contributed by atoms with Crippen molar-refractivity contribution in [2.24, 2.45) is 0 Å². The maximum Gasteiger partial charge on any atom is 0.264 e. The summed E-state index contributed by atoms with van der Waals surface area (Å²) in [5, 5.41) is 11.5. The molecule has 0 saturated heterocycles. The van der Waals surface area contributed by atoms with Gasteiger partial charge in [-0.1, -0.05) is 18.2 Å². The van der Waals surface area contributed by atoms with Gasteiger partial charge in [0, 0.05) is 22.9 Å². The maximum absolute atomic E-state index is 14.0. The minimum Gasteiger partial charge on any atom is -0.463 e. The molecule has 0 aliphatic heterocycles. The minimum absolute atomic E-state index is 0.146. The first-order chi connectivity index (χ1) is 17.3. The number of benzene rings is 1. The normalized spacial score (nSPS) is 11.5. The highest BCUT2D eigenvalue weighted by atomic mass is 19.3. The number of hydrogen-bond donors (Lipinski definition) is 1. The second-order valence-corrected chi connectivity index (χ2v) is 8.28. The molecule has 0 aliphatic rings. The summed E-state index contributed by atoms with van der Waals surface area (Å²) in [5.41, 5.74) is 1.64. The van der Waals surface area contributed by atoms with E-state index >= 15 is 0 Å². The van der Waals surface area contributed by atoms with Crippen LogP contribution in [0.25, 0.3) is 22.5 Å². The quantitative estimate of drug-likeness (QED) is 0.333. The Balaban J connectivity index is 1.40. The fraction of sp³-hybridized carbons (Fsp3) is 0.200. The van der Waals surface area contributed by atoms with Crippen molar-refractivity contribution in [3.63, 3.8) is 0 Å². The molecule has 4 heterocycles. The van der Waals surface area contributed by atoms with Crippen LogP contribution >= 0.6 is 0 Å². The Kier molecular flexibility index (Phi) is 6.05. The van der Waals surface area contributed by atoms with Gasteiger partial charge in [-0.25, -0.2) is 22.8 Å². The van der Waals surface area contributed by atoms with Crippen molar-refractivity contribution >= 4 is 22.8 Å². The van der Waals surface area contributed by atoms with Crippen molar-refractivity contribution in [3.8, 4) is 11.5 Å². The third-order valence-electron chi connectivity index (χ3n) is 5.74. The number of rotatable bonds is 7. The number of alkyl halides is 2. The lowest BCUT2D eigenvalue weighted by atomic mass is 10.1. The van der Waals surface area contributed by atoms with Gasteiger partial charge >= 0.3 is 0 Å². The average Bonchev–Trinajstić information content (AvgIpc) is 3.55. The van der Waals surface area contributed by atoms with E-state index in [-0.39, 0.29) is 47.0 Å².